The summed E-state index contributed by atoms with van der Waals surface area (Å²) in [6, 6.07) is 1.96. The molecular formula is C20H29N3O4S2. The third-order valence-electron chi connectivity index (χ3n) is 5.37. The van der Waals surface area contributed by atoms with Crippen LogP contribution in [0.2, 0.25) is 0 Å². The van der Waals surface area contributed by atoms with Gasteiger partial charge in [0, 0.05) is 29.9 Å². The van der Waals surface area contributed by atoms with Crippen LogP contribution in [0.15, 0.2) is 15.7 Å². The highest BCUT2D eigenvalue weighted by atomic mass is 32.2. The van der Waals surface area contributed by atoms with Gasteiger partial charge in [0.05, 0.1) is 17.3 Å². The van der Waals surface area contributed by atoms with Gasteiger partial charge in [0.15, 0.2) is 15.6 Å². The van der Waals surface area contributed by atoms with Crippen molar-refractivity contribution in [3.8, 4) is 0 Å². The van der Waals surface area contributed by atoms with Crippen molar-refractivity contribution in [1.82, 2.24) is 14.8 Å². The van der Waals surface area contributed by atoms with Crippen LogP contribution in [0, 0.1) is 25.7 Å². The number of sulfone groups is 1. The Kier molecular flexibility index (Phi) is 6.88. The Morgan fingerprint density at radius 3 is 2.76 bits per heavy atom. The molecule has 0 amide bonds. The number of aromatic nitrogens is 3. The van der Waals surface area contributed by atoms with E-state index in [0.717, 1.165) is 29.9 Å². The third-order valence-corrected chi connectivity index (χ3v) is 8.02. The van der Waals surface area contributed by atoms with Crippen LogP contribution in [0.25, 0.3) is 0 Å². The van der Waals surface area contributed by atoms with Crippen molar-refractivity contribution in [2.75, 3.05) is 17.3 Å². The van der Waals surface area contributed by atoms with E-state index < -0.39 is 9.84 Å². The molecule has 0 spiro atoms. The second-order valence-corrected chi connectivity index (χ2v) is 11.4. The Hall–Kier alpha value is -1.61. The lowest BCUT2D eigenvalue weighted by atomic mass is 10.1. The second kappa shape index (κ2) is 9.04. The minimum Gasteiger partial charge on any atom is -0.416 e. The first-order valence-corrected chi connectivity index (χ1v) is 12.8. The van der Waals surface area contributed by atoms with Crippen molar-refractivity contribution < 1.29 is 17.6 Å². The maximum Gasteiger partial charge on any atom is 0.277 e. The molecule has 1 atom stereocenters. The summed E-state index contributed by atoms with van der Waals surface area (Å²) >= 11 is 1.23. The number of carbonyl (C=O) groups is 1. The molecule has 0 aliphatic carbocycles. The predicted octanol–water partition coefficient (Wildman–Crippen LogP) is 3.49. The van der Waals surface area contributed by atoms with Gasteiger partial charge in [-0.05, 0) is 44.6 Å². The van der Waals surface area contributed by atoms with E-state index in [1.807, 2.05) is 19.9 Å². The highest BCUT2D eigenvalue weighted by molar-refractivity contribution is 7.99. The van der Waals surface area contributed by atoms with Gasteiger partial charge < -0.3 is 8.98 Å². The molecular weight excluding hydrogens is 410 g/mol. The number of hydrogen-bond acceptors (Lipinski definition) is 7. The molecule has 29 heavy (non-hydrogen) atoms. The van der Waals surface area contributed by atoms with E-state index in [0.29, 0.717) is 29.9 Å². The molecule has 160 valence electrons. The Labute approximate surface area is 176 Å². The molecule has 1 saturated heterocycles. The van der Waals surface area contributed by atoms with Crippen LogP contribution >= 0.6 is 11.8 Å². The normalized spacial score (nSPS) is 18.6. The number of aryl methyl sites for hydroxylation is 1. The molecule has 3 rings (SSSR count). The third kappa shape index (κ3) is 5.72. The summed E-state index contributed by atoms with van der Waals surface area (Å²) in [5.74, 6) is 1.78. The van der Waals surface area contributed by atoms with Gasteiger partial charge in [-0.15, -0.1) is 10.2 Å². The molecule has 1 fully saturated rings. The Morgan fingerprint density at radius 2 is 2.10 bits per heavy atom. The molecule has 9 heteroatoms. The second-order valence-electron chi connectivity index (χ2n) is 8.27. The molecule has 0 saturated carbocycles. The minimum absolute atomic E-state index is 0.0381. The van der Waals surface area contributed by atoms with Crippen molar-refractivity contribution in [1.29, 1.82) is 0 Å². The van der Waals surface area contributed by atoms with Crippen LogP contribution < -0.4 is 0 Å². The fraction of sp³-hybridized carbons (Fsp3) is 0.650. The van der Waals surface area contributed by atoms with Gasteiger partial charge in [-0.25, -0.2) is 8.42 Å². The molecule has 1 aliphatic rings. The Bertz CT molecular complexity index is 976. The van der Waals surface area contributed by atoms with Crippen molar-refractivity contribution in [2.24, 2.45) is 11.8 Å². The molecule has 0 aromatic carbocycles. The first kappa shape index (κ1) is 22.1. The SMILES string of the molecule is Cc1cc(C(=O)CSc2nnc(C[C@H]3CCS(=O)(=O)C3)o2)c(C)n1CCC(C)C. The van der Waals surface area contributed by atoms with Gasteiger partial charge in [0.1, 0.15) is 0 Å². The Balaban J connectivity index is 1.56. The lowest BCUT2D eigenvalue weighted by Gasteiger charge is -2.11. The Morgan fingerprint density at radius 1 is 1.34 bits per heavy atom. The summed E-state index contributed by atoms with van der Waals surface area (Å²) in [6.07, 6.45) is 2.18. The zero-order chi connectivity index (χ0) is 21.2. The summed E-state index contributed by atoms with van der Waals surface area (Å²) in [6.45, 7) is 9.33. The van der Waals surface area contributed by atoms with E-state index in [1.54, 1.807) is 0 Å². The summed E-state index contributed by atoms with van der Waals surface area (Å²) in [4.78, 5) is 12.7. The van der Waals surface area contributed by atoms with Crippen LogP contribution in [-0.2, 0) is 22.8 Å². The molecule has 1 aliphatic heterocycles. The number of carbonyl (C=O) groups excluding carboxylic acids is 1. The lowest BCUT2D eigenvalue weighted by Crippen LogP contribution is -2.08. The number of rotatable bonds is 9. The minimum atomic E-state index is -2.92. The summed E-state index contributed by atoms with van der Waals surface area (Å²) in [7, 11) is -2.92. The molecule has 0 bridgehead atoms. The zero-order valence-electron chi connectivity index (χ0n) is 17.5. The largest absolute Gasteiger partial charge is 0.416 e. The quantitative estimate of drug-likeness (QED) is 0.436. The van der Waals surface area contributed by atoms with E-state index in [1.165, 1.54) is 11.8 Å². The monoisotopic (exact) mass is 439 g/mol. The first-order valence-electron chi connectivity index (χ1n) is 10.00. The first-order chi connectivity index (χ1) is 13.6. The van der Waals surface area contributed by atoms with Crippen LogP contribution in [-0.4, -0.2) is 46.2 Å². The van der Waals surface area contributed by atoms with Gasteiger partial charge in [-0.3, -0.25) is 4.79 Å². The van der Waals surface area contributed by atoms with Crippen molar-refractivity contribution >= 4 is 27.4 Å². The highest BCUT2D eigenvalue weighted by Crippen LogP contribution is 2.25. The van der Waals surface area contributed by atoms with Gasteiger partial charge >= 0.3 is 0 Å². The molecule has 2 aromatic heterocycles. The van der Waals surface area contributed by atoms with Crippen LogP contribution in [0.5, 0.6) is 0 Å². The lowest BCUT2D eigenvalue weighted by molar-refractivity contribution is 0.102. The molecule has 0 unspecified atom stereocenters. The molecule has 2 aromatic rings. The van der Waals surface area contributed by atoms with Crippen molar-refractivity contribution in [2.45, 2.75) is 58.7 Å². The van der Waals surface area contributed by atoms with Crippen LogP contribution in [0.4, 0.5) is 0 Å². The van der Waals surface area contributed by atoms with Gasteiger partial charge in [-0.2, -0.15) is 0 Å². The van der Waals surface area contributed by atoms with E-state index in [9.17, 15) is 13.2 Å². The molecule has 7 nitrogen and oxygen atoms in total. The number of hydrogen-bond donors (Lipinski definition) is 0. The molecule has 3 heterocycles. The predicted molar refractivity (Wildman–Crippen MR) is 113 cm³/mol. The average Bonchev–Trinajstić information content (AvgIpc) is 3.30. The average molecular weight is 440 g/mol. The summed E-state index contributed by atoms with van der Waals surface area (Å²) in [5.41, 5.74) is 2.85. The van der Waals surface area contributed by atoms with Crippen molar-refractivity contribution in [3.63, 3.8) is 0 Å². The molecule has 0 N–H and O–H groups in total. The molecule has 0 radical (unpaired) electrons. The maximum absolute atomic E-state index is 12.7. The smallest absolute Gasteiger partial charge is 0.277 e. The number of ketones is 1. The number of Topliss-reactive ketones (excluding diaryl/α,β-unsaturated/α-hetero) is 1. The van der Waals surface area contributed by atoms with E-state index in [4.69, 9.17) is 4.42 Å². The fourth-order valence-electron chi connectivity index (χ4n) is 3.68. The van der Waals surface area contributed by atoms with Gasteiger partial charge in [0.25, 0.3) is 5.22 Å². The van der Waals surface area contributed by atoms with E-state index >= 15 is 0 Å². The number of thioether (sulfide) groups is 1. The number of nitrogens with zero attached hydrogens (tertiary/aromatic N) is 3. The zero-order valence-corrected chi connectivity index (χ0v) is 19.1. The summed E-state index contributed by atoms with van der Waals surface area (Å²) < 4.78 is 31.0. The maximum atomic E-state index is 12.7. The van der Waals surface area contributed by atoms with Crippen LogP contribution in [0.1, 0.15) is 54.3 Å². The summed E-state index contributed by atoms with van der Waals surface area (Å²) in [5, 5.41) is 8.35. The van der Waals surface area contributed by atoms with E-state index in [-0.39, 0.29) is 29.0 Å². The van der Waals surface area contributed by atoms with Gasteiger partial charge in [0.2, 0.25) is 5.89 Å². The van der Waals surface area contributed by atoms with E-state index in [2.05, 4.69) is 28.6 Å². The standard InChI is InChI=1S/C20H29N3O4S2/c1-13(2)5-7-23-14(3)9-17(15(23)4)18(24)11-28-20-22-21-19(27-20)10-16-6-8-29(25,26)12-16/h9,13,16H,5-8,10-12H2,1-4H3/t16-/m1/s1. The topological polar surface area (TPSA) is 95.1 Å². The van der Waals surface area contributed by atoms with Crippen molar-refractivity contribution in [3.05, 3.63) is 28.9 Å². The fourth-order valence-corrected chi connectivity index (χ4v) is 6.20. The van der Waals surface area contributed by atoms with Crippen LogP contribution in [0.3, 0.4) is 0 Å². The van der Waals surface area contributed by atoms with Gasteiger partial charge in [-0.1, -0.05) is 25.6 Å². The highest BCUT2D eigenvalue weighted by Gasteiger charge is 2.29.